The zero-order valence-electron chi connectivity index (χ0n) is 8.26. The molecule has 0 aliphatic carbocycles. The van der Waals surface area contributed by atoms with Gasteiger partial charge in [-0.3, -0.25) is 4.57 Å². The highest BCUT2D eigenvalue weighted by atomic mass is 35.9. The van der Waals surface area contributed by atoms with Crippen molar-refractivity contribution < 1.29 is 4.57 Å². The van der Waals surface area contributed by atoms with Crippen LogP contribution in [0.15, 0.2) is 18.2 Å². The fourth-order valence-electron chi connectivity index (χ4n) is 1.38. The Bertz CT molecular complexity index is 370. The van der Waals surface area contributed by atoms with E-state index in [0.717, 1.165) is 5.56 Å². The van der Waals surface area contributed by atoms with E-state index in [-0.39, 0.29) is 0 Å². The van der Waals surface area contributed by atoms with E-state index in [9.17, 15) is 4.57 Å². The van der Waals surface area contributed by atoms with Gasteiger partial charge in [0.05, 0.1) is 0 Å². The van der Waals surface area contributed by atoms with E-state index in [1.54, 1.807) is 0 Å². The number of benzene rings is 1. The van der Waals surface area contributed by atoms with Gasteiger partial charge in [0.2, 0.25) is 0 Å². The smallest absolute Gasteiger partial charge is 0.253 e. The maximum atomic E-state index is 11.1. The third-order valence-electron chi connectivity index (χ3n) is 2.14. The van der Waals surface area contributed by atoms with E-state index in [1.165, 1.54) is 11.1 Å². The largest absolute Gasteiger partial charge is 0.289 e. The summed E-state index contributed by atoms with van der Waals surface area (Å²) in [5.74, 6) is -2.92. The molecule has 0 saturated heterocycles. The molecule has 0 spiro atoms. The zero-order valence-corrected chi connectivity index (χ0v) is 10.7. The SMILES string of the molecule is Cc1ccc(CCP(=O)(Cl)Cl)c(C)c1. The second-order valence-corrected chi connectivity index (χ2v) is 8.86. The normalized spacial score (nSPS) is 11.7. The number of rotatable bonds is 3. The zero-order chi connectivity index (χ0) is 10.8. The predicted molar refractivity (Wildman–Crippen MR) is 63.8 cm³/mol. The molecule has 1 aromatic rings. The van der Waals surface area contributed by atoms with Crippen LogP contribution in [0.2, 0.25) is 0 Å². The van der Waals surface area contributed by atoms with E-state index in [4.69, 9.17) is 22.5 Å². The van der Waals surface area contributed by atoms with Crippen molar-refractivity contribution in [3.63, 3.8) is 0 Å². The quantitative estimate of drug-likeness (QED) is 0.722. The molecule has 0 amide bonds. The Labute approximate surface area is 94.4 Å². The van der Waals surface area contributed by atoms with Gasteiger partial charge in [0.15, 0.2) is 0 Å². The molecule has 0 fully saturated rings. The van der Waals surface area contributed by atoms with Crippen molar-refractivity contribution in [2.75, 3.05) is 6.16 Å². The Hall–Kier alpha value is 0.0300. The second-order valence-electron chi connectivity index (χ2n) is 3.47. The molecule has 0 saturated carbocycles. The van der Waals surface area contributed by atoms with Gasteiger partial charge < -0.3 is 0 Å². The standard InChI is InChI=1S/C10H13Cl2OP/c1-8-3-4-10(9(2)7-8)5-6-14(11,12)13/h3-4,7H,5-6H2,1-2H3. The molecule has 0 aliphatic rings. The predicted octanol–water partition coefficient (Wildman–Crippen LogP) is 4.52. The van der Waals surface area contributed by atoms with Crippen molar-refractivity contribution in [3.05, 3.63) is 34.9 Å². The molecule has 78 valence electrons. The Balaban J connectivity index is 2.73. The van der Waals surface area contributed by atoms with E-state index in [0.29, 0.717) is 12.6 Å². The third-order valence-corrected chi connectivity index (χ3v) is 3.90. The fourth-order valence-corrected chi connectivity index (χ4v) is 2.39. The highest BCUT2D eigenvalue weighted by Gasteiger charge is 2.13. The van der Waals surface area contributed by atoms with Crippen LogP contribution in [0.4, 0.5) is 0 Å². The number of hydrogen-bond donors (Lipinski definition) is 0. The minimum Gasteiger partial charge on any atom is -0.289 e. The molecule has 0 unspecified atom stereocenters. The number of hydrogen-bond acceptors (Lipinski definition) is 1. The van der Waals surface area contributed by atoms with Crippen molar-refractivity contribution in [2.24, 2.45) is 0 Å². The average molecular weight is 251 g/mol. The van der Waals surface area contributed by atoms with Gasteiger partial charge in [-0.2, -0.15) is 0 Å². The van der Waals surface area contributed by atoms with Crippen LogP contribution in [-0.4, -0.2) is 6.16 Å². The first-order valence-electron chi connectivity index (χ1n) is 4.43. The van der Waals surface area contributed by atoms with Crippen molar-refractivity contribution in [1.82, 2.24) is 0 Å². The highest BCUT2D eigenvalue weighted by molar-refractivity contribution is 8.08. The van der Waals surface area contributed by atoms with Crippen LogP contribution in [0.3, 0.4) is 0 Å². The first-order chi connectivity index (χ1) is 6.38. The average Bonchev–Trinajstić information content (AvgIpc) is 2.00. The molecule has 1 aromatic carbocycles. The van der Waals surface area contributed by atoms with Gasteiger partial charge in [-0.15, -0.1) is 0 Å². The van der Waals surface area contributed by atoms with E-state index in [1.807, 2.05) is 26.0 Å². The van der Waals surface area contributed by atoms with E-state index in [2.05, 4.69) is 6.07 Å². The summed E-state index contributed by atoms with van der Waals surface area (Å²) in [5, 5.41) is 0. The van der Waals surface area contributed by atoms with Crippen molar-refractivity contribution in [1.29, 1.82) is 0 Å². The van der Waals surface area contributed by atoms with Gasteiger partial charge in [-0.05, 0) is 53.9 Å². The maximum Gasteiger partial charge on any atom is 0.253 e. The van der Waals surface area contributed by atoms with E-state index >= 15 is 0 Å². The molecule has 0 radical (unpaired) electrons. The van der Waals surface area contributed by atoms with Crippen molar-refractivity contribution in [2.45, 2.75) is 20.3 Å². The molecule has 0 N–H and O–H groups in total. The summed E-state index contributed by atoms with van der Waals surface area (Å²) in [6.07, 6.45) is 1.02. The summed E-state index contributed by atoms with van der Waals surface area (Å²) in [7, 11) is 0. The maximum absolute atomic E-state index is 11.1. The first kappa shape index (κ1) is 12.1. The number of aryl methyl sites for hydroxylation is 3. The van der Waals surface area contributed by atoms with Crippen molar-refractivity contribution in [3.8, 4) is 0 Å². The van der Waals surface area contributed by atoms with Gasteiger partial charge in [-0.25, -0.2) is 0 Å². The van der Waals surface area contributed by atoms with Gasteiger partial charge in [-0.1, -0.05) is 23.8 Å². The van der Waals surface area contributed by atoms with Crippen LogP contribution in [0, 0.1) is 13.8 Å². The summed E-state index contributed by atoms with van der Waals surface area (Å²) in [4.78, 5) is 0. The lowest BCUT2D eigenvalue weighted by molar-refractivity contribution is 0.592. The Morgan fingerprint density at radius 2 is 1.93 bits per heavy atom. The molecule has 1 rings (SSSR count). The fraction of sp³-hybridized carbons (Fsp3) is 0.400. The van der Waals surface area contributed by atoms with Crippen LogP contribution in [0.25, 0.3) is 0 Å². The lowest BCUT2D eigenvalue weighted by Crippen LogP contribution is -1.93. The summed E-state index contributed by atoms with van der Waals surface area (Å²) in [5.41, 5.74) is 3.59. The summed E-state index contributed by atoms with van der Waals surface area (Å²) in [6.45, 7) is 4.08. The van der Waals surface area contributed by atoms with Crippen LogP contribution in [-0.2, 0) is 11.0 Å². The molecule has 0 heterocycles. The molecular weight excluding hydrogens is 238 g/mol. The summed E-state index contributed by atoms with van der Waals surface area (Å²) >= 11 is 11.0. The minimum atomic E-state index is -2.92. The van der Waals surface area contributed by atoms with Gasteiger partial charge in [0.25, 0.3) is 5.85 Å². The lowest BCUT2D eigenvalue weighted by Gasteiger charge is -2.06. The molecule has 14 heavy (non-hydrogen) atoms. The molecule has 0 bridgehead atoms. The van der Waals surface area contributed by atoms with Gasteiger partial charge in [0.1, 0.15) is 0 Å². The summed E-state index contributed by atoms with van der Waals surface area (Å²) in [6, 6.07) is 6.17. The van der Waals surface area contributed by atoms with Crippen LogP contribution in [0.1, 0.15) is 16.7 Å². The minimum absolute atomic E-state index is 0.347. The lowest BCUT2D eigenvalue weighted by atomic mass is 10.0. The Kier molecular flexibility index (Phi) is 4.06. The Morgan fingerprint density at radius 3 is 2.43 bits per heavy atom. The topological polar surface area (TPSA) is 17.1 Å². The third kappa shape index (κ3) is 4.04. The van der Waals surface area contributed by atoms with Gasteiger partial charge >= 0.3 is 0 Å². The van der Waals surface area contributed by atoms with Crippen LogP contribution >= 0.6 is 28.3 Å². The van der Waals surface area contributed by atoms with Crippen LogP contribution < -0.4 is 0 Å². The molecule has 1 nitrogen and oxygen atoms in total. The molecule has 0 aliphatic heterocycles. The number of halogens is 2. The monoisotopic (exact) mass is 250 g/mol. The van der Waals surface area contributed by atoms with Gasteiger partial charge in [0, 0.05) is 6.16 Å². The van der Waals surface area contributed by atoms with Crippen LogP contribution in [0.5, 0.6) is 0 Å². The molecule has 4 heteroatoms. The van der Waals surface area contributed by atoms with Crippen molar-refractivity contribution >= 4 is 28.3 Å². The molecular formula is C10H13Cl2OP. The first-order valence-corrected chi connectivity index (χ1v) is 8.13. The highest BCUT2D eigenvalue weighted by Crippen LogP contribution is 2.56. The second kappa shape index (κ2) is 4.70. The van der Waals surface area contributed by atoms with E-state index < -0.39 is 5.85 Å². The molecule has 0 atom stereocenters. The molecule has 0 aromatic heterocycles. The summed E-state index contributed by atoms with van der Waals surface area (Å²) < 4.78 is 11.1. The Morgan fingerprint density at radius 1 is 1.29 bits per heavy atom.